The third kappa shape index (κ3) is 23.0. The molecule has 20 heteroatoms. The summed E-state index contributed by atoms with van der Waals surface area (Å²) in [5, 5.41) is 7.81. The molecule has 224 valence electrons. The minimum Gasteiger partial charge on any atom is -0.168 e. The number of thioether (sulfide) groups is 12. The molecule has 0 aromatic carbocycles. The molecule has 0 aromatic heterocycles. The van der Waals surface area contributed by atoms with Crippen LogP contribution in [0.3, 0.4) is 0 Å². The quantitative estimate of drug-likeness (QED) is 0.0293. The van der Waals surface area contributed by atoms with Gasteiger partial charge in [-0.2, -0.15) is 101 Å². The van der Waals surface area contributed by atoms with Crippen LogP contribution >= 0.6 is 242 Å². The molecule has 37 heavy (non-hydrogen) atoms. The Balaban J connectivity index is 5.14. The normalized spacial score (nSPS) is 17.0. The van der Waals surface area contributed by atoms with Crippen molar-refractivity contribution in [2.45, 2.75) is 39.0 Å². The van der Waals surface area contributed by atoms with Gasteiger partial charge in [-0.3, -0.25) is 0 Å². The van der Waals surface area contributed by atoms with Crippen LogP contribution in [0.1, 0.15) is 6.92 Å². The van der Waals surface area contributed by atoms with E-state index in [1.807, 2.05) is 141 Å². The number of hydrogen-bond donors (Lipinski definition) is 8. The maximum absolute atomic E-state index is 4.63. The van der Waals surface area contributed by atoms with E-state index in [1.54, 1.807) is 0 Å². The van der Waals surface area contributed by atoms with Crippen molar-refractivity contribution >= 4 is 242 Å². The summed E-state index contributed by atoms with van der Waals surface area (Å²) in [6.45, 7) is 2.14. The third-order valence-electron chi connectivity index (χ3n) is 3.60. The molecule has 0 aliphatic heterocycles. The minimum atomic E-state index is 0.299. The molecule has 0 radical (unpaired) electrons. The number of hydrogen-bond acceptors (Lipinski definition) is 20. The predicted octanol–water partition coefficient (Wildman–Crippen LogP) is 11.1. The zero-order valence-corrected chi connectivity index (χ0v) is 36.8. The molecule has 0 bridgehead atoms. The first-order valence-electron chi connectivity index (χ1n) is 10.3. The maximum atomic E-state index is 4.63. The zero-order chi connectivity index (χ0) is 27.9. The Kier molecular flexibility index (Phi) is 37.6. The van der Waals surface area contributed by atoms with Gasteiger partial charge in [-0.1, -0.05) is 0 Å². The lowest BCUT2D eigenvalue weighted by Crippen LogP contribution is -2.18. The van der Waals surface area contributed by atoms with Crippen molar-refractivity contribution in [2.75, 3.05) is 45.8 Å². The van der Waals surface area contributed by atoms with Crippen LogP contribution in [0.5, 0.6) is 0 Å². The average Bonchev–Trinajstić information content (AvgIpc) is 2.86. The Morgan fingerprint density at radius 3 is 0.838 bits per heavy atom. The highest BCUT2D eigenvalue weighted by molar-refractivity contribution is 8.34. The van der Waals surface area contributed by atoms with E-state index in [-0.39, 0.29) is 0 Å². The molecule has 0 aliphatic carbocycles. The van der Waals surface area contributed by atoms with Crippen molar-refractivity contribution in [3.63, 3.8) is 0 Å². The van der Waals surface area contributed by atoms with E-state index in [9.17, 15) is 0 Å². The second-order valence-corrected chi connectivity index (χ2v) is 28.7. The van der Waals surface area contributed by atoms with Crippen molar-refractivity contribution in [1.82, 2.24) is 0 Å². The summed E-state index contributed by atoms with van der Waals surface area (Å²) in [6.07, 6.45) is 0. The molecule has 0 nitrogen and oxygen atoms in total. The standard InChI is InChI=1S/C17H36S20/c1-11(25)37-17(32-8-24)16(31-7-23)36-10-35-15(30-6-22)14(29-5-21)34-9-33-13(28-4-20)12(26-2-18)27-3-19/h11-25H,2-10H2,1H3. The van der Waals surface area contributed by atoms with E-state index >= 15 is 0 Å². The summed E-state index contributed by atoms with van der Waals surface area (Å²) < 4.78 is 3.02. The molecular formula is C17H36S20. The van der Waals surface area contributed by atoms with Crippen LogP contribution in [-0.2, 0) is 0 Å². The fourth-order valence-corrected chi connectivity index (χ4v) is 26.2. The van der Waals surface area contributed by atoms with Gasteiger partial charge in [0.2, 0.25) is 0 Å². The van der Waals surface area contributed by atoms with Crippen molar-refractivity contribution in [2.24, 2.45) is 0 Å². The minimum absolute atomic E-state index is 0.299. The Morgan fingerprint density at radius 1 is 0.378 bits per heavy atom. The van der Waals surface area contributed by atoms with Crippen molar-refractivity contribution in [3.05, 3.63) is 0 Å². The first kappa shape index (κ1) is 44.0. The zero-order valence-electron chi connectivity index (χ0n) is 19.9. The van der Waals surface area contributed by atoms with Crippen LogP contribution in [0.4, 0.5) is 0 Å². The lowest BCUT2D eigenvalue weighted by atomic mass is 10.9. The monoisotopic (exact) mass is 880 g/mol. The van der Waals surface area contributed by atoms with Crippen LogP contribution in [0, 0.1) is 0 Å². The molecule has 0 saturated carbocycles. The van der Waals surface area contributed by atoms with Gasteiger partial charge < -0.3 is 0 Å². The Bertz CT molecular complexity index is 482. The summed E-state index contributed by atoms with van der Waals surface area (Å²) in [7, 11) is 0. The first-order valence-corrected chi connectivity index (χ1v) is 27.7. The molecule has 0 fully saturated rings. The maximum Gasteiger partial charge on any atom is 0.0732 e. The van der Waals surface area contributed by atoms with Gasteiger partial charge >= 0.3 is 0 Å². The average molecular weight is 882 g/mol. The smallest absolute Gasteiger partial charge is 0.0732 e. The predicted molar refractivity (Wildman–Crippen MR) is 239 cm³/mol. The molecule has 0 saturated heterocycles. The molecule has 0 heterocycles. The van der Waals surface area contributed by atoms with E-state index < -0.39 is 0 Å². The SMILES string of the molecule is CC(S)SC(SCS)C(SCS)SCSC(SCS)C(SCS)SCSC(SCS)C(SCS)SCS. The Morgan fingerprint density at radius 2 is 0.595 bits per heavy atom. The molecule has 0 rings (SSSR count). The van der Waals surface area contributed by atoms with Gasteiger partial charge in [0.05, 0.1) is 27.5 Å². The van der Waals surface area contributed by atoms with Gasteiger partial charge in [0, 0.05) is 50.3 Å². The van der Waals surface area contributed by atoms with Crippen molar-refractivity contribution < 1.29 is 0 Å². The molecule has 0 amide bonds. The molecule has 0 spiro atoms. The summed E-state index contributed by atoms with van der Waals surface area (Å²) in [5.74, 6) is 0. The third-order valence-corrected chi connectivity index (χ3v) is 24.7. The first-order chi connectivity index (χ1) is 17.9. The van der Waals surface area contributed by atoms with Crippen molar-refractivity contribution in [3.8, 4) is 0 Å². The highest BCUT2D eigenvalue weighted by Crippen LogP contribution is 2.48. The fraction of sp³-hybridized carbons (Fsp3) is 1.00. The molecular weight excluding hydrogens is 846 g/mol. The van der Waals surface area contributed by atoms with Gasteiger partial charge in [0.1, 0.15) is 0 Å². The van der Waals surface area contributed by atoms with Crippen LogP contribution in [0.15, 0.2) is 0 Å². The molecule has 0 aliphatic rings. The summed E-state index contributed by atoms with van der Waals surface area (Å²) in [6, 6.07) is 0. The van der Waals surface area contributed by atoms with E-state index in [0.29, 0.717) is 32.1 Å². The Labute approximate surface area is 321 Å². The Hall–Kier alpha value is 7.00. The van der Waals surface area contributed by atoms with Crippen LogP contribution < -0.4 is 0 Å². The van der Waals surface area contributed by atoms with E-state index in [0.717, 1.165) is 45.8 Å². The molecule has 0 aromatic rings. The molecule has 6 unspecified atom stereocenters. The lowest BCUT2D eigenvalue weighted by molar-refractivity contribution is 1.32. The van der Waals surface area contributed by atoms with Gasteiger partial charge in [0.15, 0.2) is 0 Å². The van der Waals surface area contributed by atoms with Gasteiger partial charge in [-0.25, -0.2) is 0 Å². The summed E-state index contributed by atoms with van der Waals surface area (Å²) in [4.78, 5) is 0. The van der Waals surface area contributed by atoms with E-state index in [1.165, 1.54) is 0 Å². The van der Waals surface area contributed by atoms with Crippen molar-refractivity contribution in [1.29, 1.82) is 0 Å². The van der Waals surface area contributed by atoms with Gasteiger partial charge in [-0.15, -0.1) is 141 Å². The highest BCUT2D eigenvalue weighted by atomic mass is 32.3. The van der Waals surface area contributed by atoms with E-state index in [4.69, 9.17) is 0 Å². The second kappa shape index (κ2) is 31.6. The number of thiol groups is 8. The second-order valence-electron chi connectivity index (χ2n) is 5.92. The lowest BCUT2D eigenvalue weighted by Gasteiger charge is -2.29. The summed E-state index contributed by atoms with van der Waals surface area (Å²) in [5.41, 5.74) is 0. The van der Waals surface area contributed by atoms with Gasteiger partial charge in [0.25, 0.3) is 0 Å². The molecule has 6 atom stereocenters. The topological polar surface area (TPSA) is 0 Å². The van der Waals surface area contributed by atoms with E-state index in [2.05, 4.69) is 108 Å². The van der Waals surface area contributed by atoms with Crippen LogP contribution in [0.25, 0.3) is 0 Å². The van der Waals surface area contributed by atoms with Gasteiger partial charge in [-0.05, 0) is 6.92 Å². The fourth-order valence-electron chi connectivity index (χ4n) is 2.26. The summed E-state index contributed by atoms with van der Waals surface area (Å²) >= 11 is 59.6. The van der Waals surface area contributed by atoms with Crippen LogP contribution in [-0.4, -0.2) is 77.8 Å². The number of rotatable bonds is 27. The largest absolute Gasteiger partial charge is 0.168 e. The van der Waals surface area contributed by atoms with Crippen LogP contribution in [0.2, 0.25) is 0 Å². The molecule has 0 N–H and O–H groups in total. The highest BCUT2D eigenvalue weighted by Gasteiger charge is 2.28.